The Labute approximate surface area is 130 Å². The Morgan fingerprint density at radius 1 is 1.33 bits per heavy atom. The molecule has 21 heavy (non-hydrogen) atoms. The van der Waals surface area contributed by atoms with Gasteiger partial charge < -0.3 is 15.3 Å². The van der Waals surface area contributed by atoms with Crippen molar-refractivity contribution in [1.29, 1.82) is 0 Å². The predicted molar refractivity (Wildman–Crippen MR) is 77.8 cm³/mol. The van der Waals surface area contributed by atoms with Crippen molar-refractivity contribution in [3.05, 3.63) is 27.7 Å². The third-order valence-electron chi connectivity index (χ3n) is 3.25. The van der Waals surface area contributed by atoms with Gasteiger partial charge in [-0.05, 0) is 12.1 Å². The van der Waals surface area contributed by atoms with E-state index in [1.165, 1.54) is 17.0 Å². The fraction of sp³-hybridized carbons (Fsp3) is 0.308. The number of anilines is 1. The van der Waals surface area contributed by atoms with Crippen LogP contribution in [0.2, 0.25) is 10.0 Å². The summed E-state index contributed by atoms with van der Waals surface area (Å²) in [6.45, 7) is 0.327. The molecule has 1 aromatic carbocycles. The number of hydrogen-bond acceptors (Lipinski definition) is 3. The number of carboxylic acid groups (broad SMARTS) is 1. The van der Waals surface area contributed by atoms with E-state index in [2.05, 4.69) is 5.32 Å². The summed E-state index contributed by atoms with van der Waals surface area (Å²) in [5.41, 5.74) is 0.0779. The van der Waals surface area contributed by atoms with Crippen LogP contribution in [-0.2, 0) is 9.59 Å². The zero-order valence-corrected chi connectivity index (χ0v) is 12.5. The van der Waals surface area contributed by atoms with Gasteiger partial charge >= 0.3 is 5.97 Å². The molecular formula is C13H12Cl2N2O4. The van der Waals surface area contributed by atoms with Gasteiger partial charge in [0.15, 0.2) is 0 Å². The average Bonchev–Trinajstić information content (AvgIpc) is 2.73. The molecule has 1 saturated heterocycles. The smallest absolute Gasteiger partial charge is 0.335 e. The quantitative estimate of drug-likeness (QED) is 0.888. The minimum absolute atomic E-state index is 0.0333. The normalized spacial score (nSPS) is 18.0. The summed E-state index contributed by atoms with van der Waals surface area (Å²) in [5, 5.41) is 11.5. The third kappa shape index (κ3) is 3.28. The van der Waals surface area contributed by atoms with Crippen LogP contribution in [0.15, 0.2) is 12.1 Å². The Kier molecular flexibility index (Phi) is 4.39. The van der Waals surface area contributed by atoms with E-state index in [0.29, 0.717) is 6.54 Å². The molecule has 1 atom stereocenters. The number of benzene rings is 1. The molecule has 1 heterocycles. The first kappa shape index (κ1) is 15.6. The van der Waals surface area contributed by atoms with E-state index < -0.39 is 11.9 Å². The number of halogens is 2. The molecule has 1 aliphatic heterocycles. The molecule has 0 spiro atoms. The van der Waals surface area contributed by atoms with E-state index in [0.717, 1.165) is 0 Å². The summed E-state index contributed by atoms with van der Waals surface area (Å²) >= 11 is 11.9. The summed E-state index contributed by atoms with van der Waals surface area (Å²) in [6.07, 6.45) is 0.130. The summed E-state index contributed by atoms with van der Waals surface area (Å²) in [4.78, 5) is 35.9. The molecule has 0 radical (unpaired) electrons. The van der Waals surface area contributed by atoms with Gasteiger partial charge in [-0.1, -0.05) is 23.2 Å². The lowest BCUT2D eigenvalue weighted by atomic mass is 10.1. The van der Waals surface area contributed by atoms with Crippen molar-refractivity contribution < 1.29 is 19.5 Å². The highest BCUT2D eigenvalue weighted by atomic mass is 35.5. The maximum absolute atomic E-state index is 12.1. The van der Waals surface area contributed by atoms with E-state index >= 15 is 0 Å². The third-order valence-corrected chi connectivity index (χ3v) is 3.85. The van der Waals surface area contributed by atoms with Crippen molar-refractivity contribution in [2.45, 2.75) is 6.42 Å². The molecule has 2 amide bonds. The van der Waals surface area contributed by atoms with Gasteiger partial charge in [0.05, 0.1) is 27.2 Å². The van der Waals surface area contributed by atoms with Gasteiger partial charge in [-0.2, -0.15) is 0 Å². The number of carbonyl (C=O) groups excluding carboxylic acids is 2. The summed E-state index contributed by atoms with van der Waals surface area (Å²) in [6, 6.07) is 2.41. The molecule has 2 N–H and O–H groups in total. The number of nitrogens with zero attached hydrogens (tertiary/aromatic N) is 1. The number of amides is 2. The van der Waals surface area contributed by atoms with E-state index in [1.54, 1.807) is 7.05 Å². The molecule has 1 fully saturated rings. The first-order chi connectivity index (χ1) is 9.79. The molecule has 0 aromatic heterocycles. The average molecular weight is 331 g/mol. The van der Waals surface area contributed by atoms with E-state index in [-0.39, 0.29) is 39.5 Å². The fourth-order valence-corrected chi connectivity index (χ4v) is 2.66. The molecule has 112 valence electrons. The molecule has 1 aliphatic rings. The van der Waals surface area contributed by atoms with Crippen molar-refractivity contribution in [1.82, 2.24) is 4.90 Å². The molecule has 6 nitrogen and oxygen atoms in total. The molecular weight excluding hydrogens is 319 g/mol. The van der Waals surface area contributed by atoms with Crippen LogP contribution in [0.4, 0.5) is 5.69 Å². The Morgan fingerprint density at radius 2 is 1.90 bits per heavy atom. The van der Waals surface area contributed by atoms with E-state index in [9.17, 15) is 14.4 Å². The Bertz CT molecular complexity index is 610. The summed E-state index contributed by atoms with van der Waals surface area (Å²) in [5.74, 6) is -2.12. The highest BCUT2D eigenvalue weighted by Gasteiger charge is 2.32. The lowest BCUT2D eigenvalue weighted by molar-refractivity contribution is -0.127. The number of rotatable bonds is 3. The van der Waals surface area contributed by atoms with Gasteiger partial charge in [-0.3, -0.25) is 9.59 Å². The Balaban J connectivity index is 2.18. The van der Waals surface area contributed by atoms with Gasteiger partial charge in [-0.15, -0.1) is 0 Å². The zero-order chi connectivity index (χ0) is 15.7. The second-order valence-electron chi connectivity index (χ2n) is 4.78. The second kappa shape index (κ2) is 5.91. The molecule has 1 unspecified atom stereocenters. The van der Waals surface area contributed by atoms with Crippen molar-refractivity contribution >= 4 is 46.7 Å². The second-order valence-corrected chi connectivity index (χ2v) is 5.60. The largest absolute Gasteiger partial charge is 0.478 e. The van der Waals surface area contributed by atoms with Crippen LogP contribution in [-0.4, -0.2) is 41.4 Å². The topological polar surface area (TPSA) is 86.7 Å². The summed E-state index contributed by atoms with van der Waals surface area (Å²) in [7, 11) is 1.62. The summed E-state index contributed by atoms with van der Waals surface area (Å²) < 4.78 is 0. The maximum Gasteiger partial charge on any atom is 0.335 e. The SMILES string of the molecule is CN1CC(C(=O)Nc2c(Cl)cc(C(=O)O)cc2Cl)CC1=O. The van der Waals surface area contributed by atoms with Gasteiger partial charge in [0.25, 0.3) is 0 Å². The lowest BCUT2D eigenvalue weighted by Crippen LogP contribution is -2.26. The van der Waals surface area contributed by atoms with Gasteiger partial charge in [0, 0.05) is 20.0 Å². The molecule has 0 aliphatic carbocycles. The Morgan fingerprint density at radius 3 is 2.33 bits per heavy atom. The van der Waals surface area contributed by atoms with E-state index in [1.807, 2.05) is 0 Å². The number of aromatic carboxylic acids is 1. The van der Waals surface area contributed by atoms with Crippen LogP contribution in [0.25, 0.3) is 0 Å². The number of hydrogen-bond donors (Lipinski definition) is 2. The van der Waals surface area contributed by atoms with Crippen LogP contribution >= 0.6 is 23.2 Å². The minimum atomic E-state index is -1.17. The number of carbonyl (C=O) groups is 3. The van der Waals surface area contributed by atoms with Crippen LogP contribution in [0.1, 0.15) is 16.8 Å². The molecule has 1 aromatic rings. The van der Waals surface area contributed by atoms with Crippen LogP contribution < -0.4 is 5.32 Å². The molecule has 0 bridgehead atoms. The van der Waals surface area contributed by atoms with Crippen molar-refractivity contribution in [2.75, 3.05) is 18.9 Å². The standard InChI is InChI=1S/C13H12Cl2N2O4/c1-17-5-7(4-10(17)18)12(19)16-11-8(14)2-6(13(20)21)3-9(11)15/h2-3,7H,4-5H2,1H3,(H,16,19)(H,20,21). The van der Waals surface area contributed by atoms with Crippen LogP contribution in [0.5, 0.6) is 0 Å². The van der Waals surface area contributed by atoms with Crippen molar-refractivity contribution in [3.8, 4) is 0 Å². The highest BCUT2D eigenvalue weighted by Crippen LogP contribution is 2.32. The first-order valence-electron chi connectivity index (χ1n) is 6.06. The number of nitrogens with one attached hydrogen (secondary N) is 1. The first-order valence-corrected chi connectivity index (χ1v) is 6.82. The van der Waals surface area contributed by atoms with Crippen molar-refractivity contribution in [2.24, 2.45) is 5.92 Å². The zero-order valence-electron chi connectivity index (χ0n) is 11.0. The molecule has 2 rings (SSSR count). The monoisotopic (exact) mass is 330 g/mol. The molecule has 0 saturated carbocycles. The fourth-order valence-electron chi connectivity index (χ4n) is 2.08. The number of likely N-dealkylation sites (tertiary alicyclic amines) is 1. The predicted octanol–water partition coefficient (Wildman–Crippen LogP) is 2.11. The Hall–Kier alpha value is -1.79. The van der Waals surface area contributed by atoms with Gasteiger partial charge in [0.1, 0.15) is 0 Å². The van der Waals surface area contributed by atoms with Crippen LogP contribution in [0.3, 0.4) is 0 Å². The molecule has 8 heteroatoms. The van der Waals surface area contributed by atoms with Gasteiger partial charge in [0.2, 0.25) is 11.8 Å². The van der Waals surface area contributed by atoms with Crippen LogP contribution in [0, 0.1) is 5.92 Å². The van der Waals surface area contributed by atoms with Gasteiger partial charge in [-0.25, -0.2) is 4.79 Å². The lowest BCUT2D eigenvalue weighted by Gasteiger charge is -2.13. The van der Waals surface area contributed by atoms with E-state index in [4.69, 9.17) is 28.3 Å². The highest BCUT2D eigenvalue weighted by molar-refractivity contribution is 6.40. The van der Waals surface area contributed by atoms with Crippen molar-refractivity contribution in [3.63, 3.8) is 0 Å². The maximum atomic E-state index is 12.1. The minimum Gasteiger partial charge on any atom is -0.478 e. The number of carboxylic acids is 1.